The van der Waals surface area contributed by atoms with Gasteiger partial charge in [-0.1, -0.05) is 6.92 Å². The Morgan fingerprint density at radius 2 is 2.07 bits per heavy atom. The Hall–Kier alpha value is -1.14. The van der Waals surface area contributed by atoms with Crippen molar-refractivity contribution in [3.05, 3.63) is 11.6 Å². The van der Waals surface area contributed by atoms with Crippen LogP contribution in [0.1, 0.15) is 25.0 Å². The van der Waals surface area contributed by atoms with Crippen LogP contribution in [0.25, 0.3) is 0 Å². The van der Waals surface area contributed by atoms with Crippen molar-refractivity contribution < 1.29 is 17.6 Å². The van der Waals surface area contributed by atoms with Crippen LogP contribution in [-0.4, -0.2) is 21.6 Å². The summed E-state index contributed by atoms with van der Waals surface area (Å²) in [5, 5.41) is 5.25. The average Bonchev–Trinajstić information content (AvgIpc) is 2.53. The van der Waals surface area contributed by atoms with E-state index in [1.165, 1.54) is 0 Å². The van der Waals surface area contributed by atoms with Crippen molar-refractivity contribution in [1.29, 1.82) is 0 Å². The predicted octanol–water partition coefficient (Wildman–Crippen LogP) is 2.11. The molecule has 3 nitrogen and oxygen atoms in total. The van der Waals surface area contributed by atoms with Gasteiger partial charge >= 0.3 is 12.3 Å². The third-order valence-corrected chi connectivity index (χ3v) is 1.59. The van der Waals surface area contributed by atoms with Crippen molar-refractivity contribution >= 4 is 0 Å². The number of hydrogen-bond acceptors (Lipinski definition) is 2. The van der Waals surface area contributed by atoms with E-state index >= 15 is 0 Å². The molecule has 1 rings (SSSR count). The van der Waals surface area contributed by atoms with E-state index in [-0.39, 0.29) is 5.82 Å². The first-order chi connectivity index (χ1) is 6.48. The van der Waals surface area contributed by atoms with Gasteiger partial charge in [-0.15, -0.1) is 0 Å². The van der Waals surface area contributed by atoms with Crippen molar-refractivity contribution in [1.82, 2.24) is 15.2 Å². The summed E-state index contributed by atoms with van der Waals surface area (Å²) in [7, 11) is 0. The van der Waals surface area contributed by atoms with Crippen molar-refractivity contribution in [2.24, 2.45) is 0 Å². The molecule has 0 aromatic carbocycles. The Morgan fingerprint density at radius 3 is 2.57 bits per heavy atom. The molecule has 0 amide bonds. The second kappa shape index (κ2) is 3.93. The molecule has 0 spiro atoms. The zero-order valence-electron chi connectivity index (χ0n) is 7.40. The van der Waals surface area contributed by atoms with E-state index in [9.17, 15) is 17.6 Å². The van der Waals surface area contributed by atoms with Gasteiger partial charge in [0.15, 0.2) is 0 Å². The lowest BCUT2D eigenvalue weighted by molar-refractivity contribution is -0.140. The molecule has 0 radical (unpaired) electrons. The van der Waals surface area contributed by atoms with Crippen LogP contribution in [-0.2, 0) is 12.3 Å². The molecule has 0 saturated carbocycles. The molecule has 0 bridgehead atoms. The third kappa shape index (κ3) is 2.02. The molecule has 0 aliphatic rings. The van der Waals surface area contributed by atoms with Crippen LogP contribution in [0.4, 0.5) is 17.6 Å². The van der Waals surface area contributed by atoms with Crippen LogP contribution < -0.4 is 0 Å². The topological polar surface area (TPSA) is 41.6 Å². The molecule has 1 heterocycles. The highest BCUT2D eigenvalue weighted by Crippen LogP contribution is 2.31. The number of aryl methyl sites for hydroxylation is 1. The number of hydrogen-bond donors (Lipinski definition) is 1. The lowest BCUT2D eigenvalue weighted by Gasteiger charge is -2.09. The molecule has 0 saturated heterocycles. The molecule has 1 aromatic heterocycles. The lowest BCUT2D eigenvalue weighted by atomic mass is 10.3. The Bertz CT molecular complexity index is 297. The molecule has 0 fully saturated rings. The molecular formula is C7H9F4N3. The summed E-state index contributed by atoms with van der Waals surface area (Å²) in [5.41, 5.74) is 0. The Labute approximate surface area is 77.5 Å². The van der Waals surface area contributed by atoms with Gasteiger partial charge in [0, 0.05) is 6.42 Å². The molecule has 1 N–H and O–H groups in total. The van der Waals surface area contributed by atoms with E-state index in [0.717, 1.165) is 0 Å². The molecule has 7 heteroatoms. The minimum atomic E-state index is -4.28. The summed E-state index contributed by atoms with van der Waals surface area (Å²) in [6.07, 6.45) is -2.70. The van der Waals surface area contributed by atoms with E-state index in [0.29, 0.717) is 12.8 Å². The highest BCUT2D eigenvalue weighted by Gasteiger charge is 2.46. The third-order valence-electron chi connectivity index (χ3n) is 1.59. The van der Waals surface area contributed by atoms with Crippen LogP contribution in [0.3, 0.4) is 0 Å². The van der Waals surface area contributed by atoms with Gasteiger partial charge in [-0.2, -0.15) is 13.9 Å². The van der Waals surface area contributed by atoms with Gasteiger partial charge < -0.3 is 0 Å². The monoisotopic (exact) mass is 211 g/mol. The maximum Gasteiger partial charge on any atom is 0.367 e. The number of nitrogens with one attached hydrogen (secondary N) is 1. The summed E-state index contributed by atoms with van der Waals surface area (Å²) in [6.45, 7) is 1.81. The summed E-state index contributed by atoms with van der Waals surface area (Å²) < 4.78 is 49.0. The maximum atomic E-state index is 12.6. The summed E-state index contributed by atoms with van der Waals surface area (Å²) >= 11 is 0. The molecule has 0 unspecified atom stereocenters. The highest BCUT2D eigenvalue weighted by molar-refractivity contribution is 4.99. The summed E-state index contributed by atoms with van der Waals surface area (Å²) in [4.78, 5) is 3.30. The van der Waals surface area contributed by atoms with Gasteiger partial charge in [0.1, 0.15) is 5.82 Å². The Balaban J connectivity index is 2.85. The van der Waals surface area contributed by atoms with Crippen LogP contribution >= 0.6 is 0 Å². The molecule has 0 aliphatic carbocycles. The van der Waals surface area contributed by atoms with Crippen molar-refractivity contribution in [3.63, 3.8) is 0 Å². The minimum Gasteiger partial charge on any atom is -0.263 e. The van der Waals surface area contributed by atoms with Gasteiger partial charge in [0.05, 0.1) is 0 Å². The largest absolute Gasteiger partial charge is 0.367 e. The van der Waals surface area contributed by atoms with Gasteiger partial charge in [-0.25, -0.2) is 13.8 Å². The number of halogens is 4. The van der Waals surface area contributed by atoms with E-state index in [1.807, 2.05) is 6.92 Å². The number of alkyl halides is 4. The highest BCUT2D eigenvalue weighted by atomic mass is 19.3. The fourth-order valence-electron chi connectivity index (χ4n) is 0.891. The Kier molecular flexibility index (Phi) is 3.07. The van der Waals surface area contributed by atoms with Crippen molar-refractivity contribution in [2.75, 3.05) is 0 Å². The Morgan fingerprint density at radius 1 is 1.43 bits per heavy atom. The molecule has 0 atom stereocenters. The van der Waals surface area contributed by atoms with E-state index in [4.69, 9.17) is 0 Å². The maximum absolute atomic E-state index is 12.6. The SMILES string of the molecule is CCCc1nc(C(F)(F)C(F)F)n[nH]1. The summed E-state index contributed by atoms with van der Waals surface area (Å²) in [5.74, 6) is -5.22. The molecular weight excluding hydrogens is 202 g/mol. The number of nitrogens with zero attached hydrogens (tertiary/aromatic N) is 2. The van der Waals surface area contributed by atoms with E-state index in [1.54, 1.807) is 0 Å². The predicted molar refractivity (Wildman–Crippen MR) is 40.3 cm³/mol. The number of aromatic amines is 1. The van der Waals surface area contributed by atoms with Gasteiger partial charge in [0.2, 0.25) is 5.82 Å². The molecule has 14 heavy (non-hydrogen) atoms. The molecule has 1 aromatic rings. The minimum absolute atomic E-state index is 0.197. The summed E-state index contributed by atoms with van der Waals surface area (Å²) in [6, 6.07) is 0. The number of rotatable bonds is 4. The normalized spacial score (nSPS) is 12.4. The van der Waals surface area contributed by atoms with Crippen molar-refractivity contribution in [2.45, 2.75) is 32.1 Å². The molecule has 0 aliphatic heterocycles. The quantitative estimate of drug-likeness (QED) is 0.775. The van der Waals surface area contributed by atoms with Crippen LogP contribution in [0, 0.1) is 0 Å². The van der Waals surface area contributed by atoms with Gasteiger partial charge in [-0.05, 0) is 6.42 Å². The first kappa shape index (κ1) is 10.9. The second-order valence-corrected chi connectivity index (χ2v) is 2.78. The van der Waals surface area contributed by atoms with Crippen LogP contribution in [0.2, 0.25) is 0 Å². The fraction of sp³-hybridized carbons (Fsp3) is 0.714. The number of aromatic nitrogens is 3. The van der Waals surface area contributed by atoms with Crippen LogP contribution in [0.5, 0.6) is 0 Å². The average molecular weight is 211 g/mol. The first-order valence-corrected chi connectivity index (χ1v) is 4.06. The second-order valence-electron chi connectivity index (χ2n) is 2.78. The van der Waals surface area contributed by atoms with E-state index < -0.39 is 18.2 Å². The zero-order valence-corrected chi connectivity index (χ0v) is 7.40. The lowest BCUT2D eigenvalue weighted by Crippen LogP contribution is -2.25. The van der Waals surface area contributed by atoms with Gasteiger partial charge in [-0.3, -0.25) is 5.10 Å². The van der Waals surface area contributed by atoms with Crippen LogP contribution in [0.15, 0.2) is 0 Å². The van der Waals surface area contributed by atoms with Gasteiger partial charge in [0.25, 0.3) is 0 Å². The fourth-order valence-corrected chi connectivity index (χ4v) is 0.891. The van der Waals surface area contributed by atoms with Crippen molar-refractivity contribution in [3.8, 4) is 0 Å². The molecule has 80 valence electrons. The first-order valence-electron chi connectivity index (χ1n) is 4.06. The van der Waals surface area contributed by atoms with E-state index in [2.05, 4.69) is 15.2 Å². The standard InChI is InChI=1S/C7H9F4N3/c1-2-3-4-12-6(14-13-4)7(10,11)5(8)9/h5H,2-3H2,1H3,(H,12,13,14). The number of H-pyrrole nitrogens is 1. The zero-order chi connectivity index (χ0) is 10.8. The smallest absolute Gasteiger partial charge is 0.263 e.